The fourth-order valence-electron chi connectivity index (χ4n) is 1.92. The van der Waals surface area contributed by atoms with E-state index in [1.165, 1.54) is 6.20 Å². The molecule has 9 nitrogen and oxygen atoms in total. The van der Waals surface area contributed by atoms with Gasteiger partial charge in [-0.15, -0.1) is 10.2 Å². The summed E-state index contributed by atoms with van der Waals surface area (Å²) >= 11 is 0. The number of hydrogen-bond donors (Lipinski definition) is 2. The van der Waals surface area contributed by atoms with Gasteiger partial charge in [0.25, 0.3) is 5.91 Å². The molecule has 0 atom stereocenters. The Bertz CT molecular complexity index is 765. The third-order valence-corrected chi connectivity index (χ3v) is 3.10. The number of hydrogen-bond acceptors (Lipinski definition) is 7. The highest BCUT2D eigenvalue weighted by molar-refractivity contribution is 5.94. The molecule has 2 N–H and O–H groups in total. The van der Waals surface area contributed by atoms with E-state index in [0.717, 1.165) is 0 Å². The first-order chi connectivity index (χ1) is 11.2. The standard InChI is InChI=1S/C14H15N7O2/c1-10-11(9-18-23-10)14(22)16-7-6-15-12-3-4-13(20-19-12)21-8-2-5-17-21/h2-5,8-9H,6-7H2,1H3,(H,15,19)(H,16,22). The molecule has 0 fully saturated rings. The molecular formula is C14H15N7O2. The van der Waals surface area contributed by atoms with Crippen LogP contribution in [-0.4, -0.2) is 44.1 Å². The largest absolute Gasteiger partial charge is 0.367 e. The van der Waals surface area contributed by atoms with E-state index in [-0.39, 0.29) is 5.91 Å². The van der Waals surface area contributed by atoms with Crippen molar-refractivity contribution in [3.05, 3.63) is 48.1 Å². The third-order valence-electron chi connectivity index (χ3n) is 3.10. The normalized spacial score (nSPS) is 10.5. The van der Waals surface area contributed by atoms with Gasteiger partial charge in [0, 0.05) is 25.5 Å². The van der Waals surface area contributed by atoms with Crippen LogP contribution in [0.15, 0.2) is 41.3 Å². The van der Waals surface area contributed by atoms with Gasteiger partial charge in [-0.05, 0) is 25.1 Å². The third kappa shape index (κ3) is 3.51. The molecule has 0 spiro atoms. The summed E-state index contributed by atoms with van der Waals surface area (Å²) in [5, 5.41) is 21.6. The Morgan fingerprint density at radius 2 is 2.22 bits per heavy atom. The van der Waals surface area contributed by atoms with Gasteiger partial charge in [-0.1, -0.05) is 5.16 Å². The van der Waals surface area contributed by atoms with Crippen LogP contribution in [0.1, 0.15) is 16.1 Å². The molecule has 3 aromatic rings. The number of carbonyl (C=O) groups excluding carboxylic acids is 1. The van der Waals surface area contributed by atoms with Crippen LogP contribution >= 0.6 is 0 Å². The topological polar surface area (TPSA) is 111 Å². The maximum atomic E-state index is 11.8. The van der Waals surface area contributed by atoms with Crippen molar-refractivity contribution in [2.45, 2.75) is 6.92 Å². The van der Waals surface area contributed by atoms with Crippen molar-refractivity contribution in [3.63, 3.8) is 0 Å². The van der Waals surface area contributed by atoms with Gasteiger partial charge < -0.3 is 15.2 Å². The summed E-state index contributed by atoms with van der Waals surface area (Å²) in [4.78, 5) is 11.8. The van der Waals surface area contributed by atoms with Crippen LogP contribution in [0.4, 0.5) is 5.82 Å². The molecule has 0 bridgehead atoms. The summed E-state index contributed by atoms with van der Waals surface area (Å²) < 4.78 is 6.47. The van der Waals surface area contributed by atoms with Crippen LogP contribution in [0.5, 0.6) is 0 Å². The van der Waals surface area contributed by atoms with Crippen molar-refractivity contribution in [1.82, 2.24) is 30.5 Å². The summed E-state index contributed by atoms with van der Waals surface area (Å²) in [5.74, 6) is 1.54. The highest BCUT2D eigenvalue weighted by Gasteiger charge is 2.11. The van der Waals surface area contributed by atoms with E-state index >= 15 is 0 Å². The molecule has 1 amide bonds. The van der Waals surface area contributed by atoms with Crippen molar-refractivity contribution in [2.75, 3.05) is 18.4 Å². The lowest BCUT2D eigenvalue weighted by molar-refractivity contribution is 0.0953. The first-order valence-electron chi connectivity index (χ1n) is 7.01. The zero-order chi connectivity index (χ0) is 16.1. The fraction of sp³-hybridized carbons (Fsp3) is 0.214. The molecule has 0 saturated carbocycles. The molecule has 23 heavy (non-hydrogen) atoms. The second kappa shape index (κ2) is 6.69. The molecule has 3 heterocycles. The van der Waals surface area contributed by atoms with Crippen LogP contribution in [0.25, 0.3) is 5.82 Å². The first-order valence-corrected chi connectivity index (χ1v) is 7.01. The van der Waals surface area contributed by atoms with Gasteiger partial charge in [0.2, 0.25) is 0 Å². The highest BCUT2D eigenvalue weighted by Crippen LogP contribution is 2.06. The highest BCUT2D eigenvalue weighted by atomic mass is 16.5. The van der Waals surface area contributed by atoms with Gasteiger partial charge in [0.05, 0.1) is 6.20 Å². The van der Waals surface area contributed by atoms with Crippen LogP contribution in [0, 0.1) is 6.92 Å². The van der Waals surface area contributed by atoms with E-state index in [2.05, 4.69) is 31.1 Å². The Balaban J connectivity index is 1.46. The van der Waals surface area contributed by atoms with E-state index in [1.807, 2.05) is 6.07 Å². The molecule has 0 aliphatic heterocycles. The lowest BCUT2D eigenvalue weighted by atomic mass is 10.2. The van der Waals surface area contributed by atoms with Crippen LogP contribution in [0.3, 0.4) is 0 Å². The smallest absolute Gasteiger partial charge is 0.256 e. The summed E-state index contributed by atoms with van der Waals surface area (Å²) in [6.07, 6.45) is 4.87. The van der Waals surface area contributed by atoms with Crippen molar-refractivity contribution in [1.29, 1.82) is 0 Å². The maximum Gasteiger partial charge on any atom is 0.256 e. The number of aryl methyl sites for hydroxylation is 1. The molecule has 118 valence electrons. The predicted octanol–water partition coefficient (Wildman–Crippen LogP) is 0.801. The average molecular weight is 313 g/mol. The molecule has 3 aromatic heterocycles. The lowest BCUT2D eigenvalue weighted by Crippen LogP contribution is -2.29. The molecule has 0 aliphatic carbocycles. The summed E-state index contributed by atoms with van der Waals surface area (Å²) in [5.41, 5.74) is 0.438. The second-order valence-corrected chi connectivity index (χ2v) is 4.71. The van der Waals surface area contributed by atoms with Gasteiger partial charge in [0.15, 0.2) is 5.82 Å². The van der Waals surface area contributed by atoms with Crippen molar-refractivity contribution in [2.24, 2.45) is 0 Å². The van der Waals surface area contributed by atoms with Gasteiger partial charge in [-0.25, -0.2) is 4.68 Å². The molecule has 0 aromatic carbocycles. The molecule has 3 rings (SSSR count). The van der Waals surface area contributed by atoms with Gasteiger partial charge in [-0.2, -0.15) is 5.10 Å². The number of aromatic nitrogens is 5. The number of amides is 1. The van der Waals surface area contributed by atoms with Crippen LogP contribution < -0.4 is 10.6 Å². The van der Waals surface area contributed by atoms with E-state index in [4.69, 9.17) is 4.52 Å². The monoisotopic (exact) mass is 313 g/mol. The molecule has 9 heteroatoms. The van der Waals surface area contributed by atoms with Crippen LogP contribution in [0.2, 0.25) is 0 Å². The average Bonchev–Trinajstić information content (AvgIpc) is 3.23. The van der Waals surface area contributed by atoms with Gasteiger partial charge in [0.1, 0.15) is 17.1 Å². The number of nitrogens with zero attached hydrogens (tertiary/aromatic N) is 5. The fourth-order valence-corrected chi connectivity index (χ4v) is 1.92. The lowest BCUT2D eigenvalue weighted by Gasteiger charge is -2.07. The van der Waals surface area contributed by atoms with E-state index in [1.54, 1.807) is 36.1 Å². The Hall–Kier alpha value is -3.23. The summed E-state index contributed by atoms with van der Waals surface area (Å²) in [6.45, 7) is 2.65. The minimum Gasteiger partial charge on any atom is -0.367 e. The Morgan fingerprint density at radius 3 is 2.87 bits per heavy atom. The Kier molecular flexibility index (Phi) is 4.27. The summed E-state index contributed by atoms with van der Waals surface area (Å²) in [7, 11) is 0. The summed E-state index contributed by atoms with van der Waals surface area (Å²) in [6, 6.07) is 5.42. The maximum absolute atomic E-state index is 11.8. The predicted molar refractivity (Wildman–Crippen MR) is 81.2 cm³/mol. The van der Waals surface area contributed by atoms with Crippen LogP contribution in [-0.2, 0) is 0 Å². The SMILES string of the molecule is Cc1oncc1C(=O)NCCNc1ccc(-n2cccn2)nn1. The van der Waals surface area contributed by atoms with E-state index in [0.29, 0.717) is 36.0 Å². The Labute approximate surface area is 131 Å². The quantitative estimate of drug-likeness (QED) is 0.647. The van der Waals surface area contributed by atoms with Crippen molar-refractivity contribution in [3.8, 4) is 5.82 Å². The Morgan fingerprint density at radius 1 is 1.30 bits per heavy atom. The number of carbonyl (C=O) groups is 1. The molecule has 0 unspecified atom stereocenters. The van der Waals surface area contributed by atoms with Crippen molar-refractivity contribution >= 4 is 11.7 Å². The van der Waals surface area contributed by atoms with Gasteiger partial charge in [-0.3, -0.25) is 4.79 Å². The van der Waals surface area contributed by atoms with E-state index < -0.39 is 0 Å². The van der Waals surface area contributed by atoms with Gasteiger partial charge >= 0.3 is 0 Å². The molecule has 0 radical (unpaired) electrons. The number of anilines is 1. The zero-order valence-electron chi connectivity index (χ0n) is 12.4. The second-order valence-electron chi connectivity index (χ2n) is 4.71. The van der Waals surface area contributed by atoms with E-state index in [9.17, 15) is 4.79 Å². The minimum absolute atomic E-state index is 0.217. The number of nitrogens with one attached hydrogen (secondary N) is 2. The molecular weight excluding hydrogens is 298 g/mol. The minimum atomic E-state index is -0.217. The van der Waals surface area contributed by atoms with Crippen molar-refractivity contribution < 1.29 is 9.32 Å². The zero-order valence-corrected chi connectivity index (χ0v) is 12.4. The molecule has 0 saturated heterocycles. The number of rotatable bonds is 6. The molecule has 0 aliphatic rings. The first kappa shape index (κ1) is 14.7.